The van der Waals surface area contributed by atoms with E-state index in [9.17, 15) is 13.2 Å². The molecule has 1 aliphatic carbocycles. The minimum atomic E-state index is -3.52. The number of amides is 1. The van der Waals surface area contributed by atoms with Crippen LogP contribution >= 0.6 is 0 Å². The minimum Gasteiger partial charge on any atom is -0.273 e. The van der Waals surface area contributed by atoms with Crippen molar-refractivity contribution in [3.8, 4) is 0 Å². The van der Waals surface area contributed by atoms with Crippen LogP contribution in [0.15, 0.2) is 24.3 Å². The van der Waals surface area contributed by atoms with Crippen LogP contribution < -0.4 is 4.72 Å². The molecule has 0 aliphatic heterocycles. The van der Waals surface area contributed by atoms with Crippen LogP contribution in [0.4, 0.5) is 0 Å². The zero-order valence-corrected chi connectivity index (χ0v) is 12.1. The van der Waals surface area contributed by atoms with Gasteiger partial charge in [-0.15, -0.1) is 0 Å². The molecule has 19 heavy (non-hydrogen) atoms. The van der Waals surface area contributed by atoms with Gasteiger partial charge in [-0.05, 0) is 25.3 Å². The van der Waals surface area contributed by atoms with E-state index in [1.807, 2.05) is 31.2 Å². The van der Waals surface area contributed by atoms with E-state index in [2.05, 4.69) is 4.72 Å². The monoisotopic (exact) mass is 281 g/mol. The van der Waals surface area contributed by atoms with E-state index in [0.717, 1.165) is 30.2 Å². The number of carbonyl (C=O) groups is 1. The van der Waals surface area contributed by atoms with E-state index in [1.165, 1.54) is 0 Å². The summed E-state index contributed by atoms with van der Waals surface area (Å²) in [7, 11) is -3.52. The molecule has 4 nitrogen and oxygen atoms in total. The molecule has 5 heteroatoms. The lowest BCUT2D eigenvalue weighted by molar-refractivity contribution is -0.124. The number of sulfonamides is 1. The van der Waals surface area contributed by atoms with Crippen molar-refractivity contribution in [2.24, 2.45) is 0 Å². The van der Waals surface area contributed by atoms with Crippen LogP contribution in [0.3, 0.4) is 0 Å². The van der Waals surface area contributed by atoms with Gasteiger partial charge in [-0.1, -0.05) is 42.7 Å². The van der Waals surface area contributed by atoms with Crippen LogP contribution in [0.25, 0.3) is 0 Å². The van der Waals surface area contributed by atoms with Crippen molar-refractivity contribution in [2.45, 2.75) is 38.0 Å². The summed E-state index contributed by atoms with van der Waals surface area (Å²) in [5.41, 5.74) is 1.32. The summed E-state index contributed by atoms with van der Waals surface area (Å²) in [4.78, 5) is 12.4. The van der Waals surface area contributed by atoms with E-state index < -0.39 is 21.3 Å². The van der Waals surface area contributed by atoms with Gasteiger partial charge in [-0.25, -0.2) is 8.42 Å². The molecule has 0 heterocycles. The molecule has 0 atom stereocenters. The Morgan fingerprint density at radius 2 is 1.89 bits per heavy atom. The Hall–Kier alpha value is -1.36. The highest BCUT2D eigenvalue weighted by Gasteiger charge is 2.43. The smallest absolute Gasteiger partial charge is 0.244 e. The van der Waals surface area contributed by atoms with E-state index in [1.54, 1.807) is 0 Å². The molecule has 0 spiro atoms. The second-order valence-corrected chi connectivity index (χ2v) is 7.11. The lowest BCUT2D eigenvalue weighted by Crippen LogP contribution is -2.44. The molecule has 1 saturated carbocycles. The average molecular weight is 281 g/mol. The number of carbonyl (C=O) groups excluding carboxylic acids is 1. The molecule has 1 aromatic carbocycles. The Morgan fingerprint density at radius 3 is 2.42 bits per heavy atom. The largest absolute Gasteiger partial charge is 0.273 e. The number of hydrogen-bond acceptors (Lipinski definition) is 3. The first kappa shape index (κ1) is 14.1. The number of rotatable bonds is 3. The van der Waals surface area contributed by atoms with Crippen molar-refractivity contribution in [1.29, 1.82) is 0 Å². The lowest BCUT2D eigenvalue weighted by atomic mass is 9.78. The number of aryl methyl sites for hydroxylation is 1. The van der Waals surface area contributed by atoms with Gasteiger partial charge < -0.3 is 0 Å². The molecular weight excluding hydrogens is 262 g/mol. The highest BCUT2D eigenvalue weighted by atomic mass is 32.2. The first-order valence-corrected chi connectivity index (χ1v) is 8.32. The molecule has 0 aromatic heterocycles. The maximum atomic E-state index is 12.4. The fourth-order valence-corrected chi connectivity index (χ4v) is 3.37. The van der Waals surface area contributed by atoms with Crippen LogP contribution in [0.1, 0.15) is 36.8 Å². The van der Waals surface area contributed by atoms with E-state index in [4.69, 9.17) is 0 Å². The topological polar surface area (TPSA) is 63.2 Å². The van der Waals surface area contributed by atoms with Crippen molar-refractivity contribution in [3.05, 3.63) is 35.4 Å². The molecule has 1 N–H and O–H groups in total. The van der Waals surface area contributed by atoms with Gasteiger partial charge in [0.05, 0.1) is 11.7 Å². The molecule has 1 amide bonds. The summed E-state index contributed by atoms with van der Waals surface area (Å²) < 4.78 is 24.8. The van der Waals surface area contributed by atoms with Gasteiger partial charge in [-0.3, -0.25) is 9.52 Å². The van der Waals surface area contributed by atoms with Crippen molar-refractivity contribution < 1.29 is 13.2 Å². The summed E-state index contributed by atoms with van der Waals surface area (Å²) in [5, 5.41) is 0. The SMILES string of the molecule is Cc1cccc(C2(C(=O)NS(C)(=O)=O)CCCC2)c1. The lowest BCUT2D eigenvalue weighted by Gasteiger charge is -2.28. The maximum absolute atomic E-state index is 12.4. The van der Waals surface area contributed by atoms with Crippen LogP contribution in [-0.4, -0.2) is 20.6 Å². The zero-order chi connectivity index (χ0) is 14.1. The van der Waals surface area contributed by atoms with E-state index in [0.29, 0.717) is 12.8 Å². The first-order valence-electron chi connectivity index (χ1n) is 6.43. The molecule has 2 rings (SSSR count). The fourth-order valence-electron chi connectivity index (χ4n) is 2.83. The Morgan fingerprint density at radius 1 is 1.26 bits per heavy atom. The molecule has 0 saturated heterocycles. The molecule has 0 bridgehead atoms. The Balaban J connectivity index is 2.41. The Kier molecular flexibility index (Phi) is 3.67. The van der Waals surface area contributed by atoms with E-state index >= 15 is 0 Å². The third-order valence-electron chi connectivity index (χ3n) is 3.74. The summed E-state index contributed by atoms with van der Waals surface area (Å²) >= 11 is 0. The molecule has 104 valence electrons. The Bertz CT molecular complexity index is 586. The quantitative estimate of drug-likeness (QED) is 0.920. The van der Waals surface area contributed by atoms with Crippen molar-refractivity contribution in [1.82, 2.24) is 4.72 Å². The maximum Gasteiger partial charge on any atom is 0.244 e. The van der Waals surface area contributed by atoms with Crippen molar-refractivity contribution >= 4 is 15.9 Å². The number of benzene rings is 1. The summed E-state index contributed by atoms with van der Waals surface area (Å²) in [6.07, 6.45) is 4.33. The van der Waals surface area contributed by atoms with Gasteiger partial charge in [0.15, 0.2) is 0 Å². The number of nitrogens with one attached hydrogen (secondary N) is 1. The summed E-state index contributed by atoms with van der Waals surface area (Å²) in [6.45, 7) is 1.97. The highest BCUT2D eigenvalue weighted by molar-refractivity contribution is 7.89. The third-order valence-corrected chi connectivity index (χ3v) is 4.30. The second-order valence-electron chi connectivity index (χ2n) is 5.36. The van der Waals surface area contributed by atoms with Crippen LogP contribution in [0.2, 0.25) is 0 Å². The molecule has 1 aliphatic rings. The third kappa shape index (κ3) is 2.97. The van der Waals surface area contributed by atoms with Crippen LogP contribution in [0, 0.1) is 6.92 Å². The molecule has 0 unspecified atom stereocenters. The van der Waals surface area contributed by atoms with Gasteiger partial charge in [0.2, 0.25) is 15.9 Å². The van der Waals surface area contributed by atoms with Crippen molar-refractivity contribution in [2.75, 3.05) is 6.26 Å². The van der Waals surface area contributed by atoms with Crippen LogP contribution in [0.5, 0.6) is 0 Å². The highest BCUT2D eigenvalue weighted by Crippen LogP contribution is 2.41. The van der Waals surface area contributed by atoms with Crippen LogP contribution in [-0.2, 0) is 20.2 Å². The summed E-state index contributed by atoms with van der Waals surface area (Å²) in [5.74, 6) is -0.391. The normalized spacial score (nSPS) is 18.2. The van der Waals surface area contributed by atoms with Crippen molar-refractivity contribution in [3.63, 3.8) is 0 Å². The number of hydrogen-bond donors (Lipinski definition) is 1. The average Bonchev–Trinajstić information content (AvgIpc) is 2.76. The first-order chi connectivity index (χ1) is 8.83. The Labute approximate surface area is 114 Å². The molecule has 1 fully saturated rings. The second kappa shape index (κ2) is 4.96. The van der Waals surface area contributed by atoms with E-state index in [-0.39, 0.29) is 0 Å². The zero-order valence-electron chi connectivity index (χ0n) is 11.3. The molecular formula is C14H19NO3S. The van der Waals surface area contributed by atoms with Gasteiger partial charge in [-0.2, -0.15) is 0 Å². The summed E-state index contributed by atoms with van der Waals surface area (Å²) in [6, 6.07) is 7.78. The molecule has 1 aromatic rings. The standard InChI is InChI=1S/C14H19NO3S/c1-11-6-5-7-12(10-11)14(8-3-4-9-14)13(16)15-19(2,17)18/h5-7,10H,3-4,8-9H2,1-2H3,(H,15,16). The minimum absolute atomic E-state index is 0.391. The van der Waals surface area contributed by atoms with Gasteiger partial charge in [0, 0.05) is 0 Å². The predicted octanol–water partition coefficient (Wildman–Crippen LogP) is 1.88. The molecule has 0 radical (unpaired) electrons. The fraction of sp³-hybridized carbons (Fsp3) is 0.500. The predicted molar refractivity (Wildman–Crippen MR) is 74.3 cm³/mol. The van der Waals surface area contributed by atoms with Gasteiger partial charge in [0.25, 0.3) is 0 Å². The van der Waals surface area contributed by atoms with Gasteiger partial charge >= 0.3 is 0 Å². The van der Waals surface area contributed by atoms with Gasteiger partial charge in [0.1, 0.15) is 0 Å².